The normalized spacial score (nSPS) is 11.0. The van der Waals surface area contributed by atoms with Crippen molar-refractivity contribution in [3.05, 3.63) is 71.3 Å². The number of pyridine rings is 1. The molecule has 10 heteroatoms. The standard InChI is InChI=1S/C30H36FN5O4/c1-20-11-15-36(33-20)16-13-27(37)35(14-12-21-7-9-23(31)10-8-21)19-22-17-24-25(32-30(22)34(2)3)18-26(38-4)29(40-6)28(24)39-5/h7-11,15,17-18H,12-14,16,19H2,1-6H3. The summed E-state index contributed by atoms with van der Waals surface area (Å²) in [6.07, 6.45) is 2.74. The lowest BCUT2D eigenvalue weighted by atomic mass is 10.1. The molecule has 0 aliphatic rings. The molecule has 0 atom stereocenters. The van der Waals surface area contributed by atoms with Crippen LogP contribution < -0.4 is 19.1 Å². The summed E-state index contributed by atoms with van der Waals surface area (Å²) < 4.78 is 32.1. The molecule has 0 spiro atoms. The van der Waals surface area contributed by atoms with Crippen LogP contribution in [-0.4, -0.2) is 67.5 Å². The van der Waals surface area contributed by atoms with E-state index in [1.54, 1.807) is 38.1 Å². The Labute approximate surface area is 234 Å². The number of hydrogen-bond acceptors (Lipinski definition) is 7. The third-order valence-electron chi connectivity index (χ3n) is 6.73. The quantitative estimate of drug-likeness (QED) is 0.255. The van der Waals surface area contributed by atoms with E-state index in [1.807, 2.05) is 55.2 Å². The number of methoxy groups -OCH3 is 3. The van der Waals surface area contributed by atoms with Crippen molar-refractivity contribution in [3.63, 3.8) is 0 Å². The van der Waals surface area contributed by atoms with Crippen LogP contribution in [0.3, 0.4) is 0 Å². The van der Waals surface area contributed by atoms with Crippen molar-refractivity contribution in [2.24, 2.45) is 0 Å². The minimum Gasteiger partial charge on any atom is -0.493 e. The molecule has 212 valence electrons. The molecule has 0 bridgehead atoms. The van der Waals surface area contributed by atoms with Gasteiger partial charge in [0.2, 0.25) is 11.7 Å². The zero-order valence-electron chi connectivity index (χ0n) is 23.9. The first-order valence-electron chi connectivity index (χ1n) is 13.1. The summed E-state index contributed by atoms with van der Waals surface area (Å²) in [5.41, 5.74) is 3.38. The Hall–Kier alpha value is -4.34. The zero-order valence-corrected chi connectivity index (χ0v) is 23.9. The Balaban J connectivity index is 1.70. The van der Waals surface area contributed by atoms with Gasteiger partial charge in [0.1, 0.15) is 11.6 Å². The number of ether oxygens (including phenoxy) is 3. The van der Waals surface area contributed by atoms with Crippen LogP contribution in [0, 0.1) is 12.7 Å². The van der Waals surface area contributed by atoms with Crippen molar-refractivity contribution in [2.75, 3.05) is 46.9 Å². The fraction of sp³-hybridized carbons (Fsp3) is 0.367. The van der Waals surface area contributed by atoms with Gasteiger partial charge in [-0.05, 0) is 43.2 Å². The minimum absolute atomic E-state index is 0.0145. The van der Waals surface area contributed by atoms with Crippen molar-refractivity contribution >= 4 is 22.6 Å². The Morgan fingerprint density at radius 3 is 2.33 bits per heavy atom. The number of rotatable bonds is 12. The van der Waals surface area contributed by atoms with Crippen molar-refractivity contribution in [1.29, 1.82) is 0 Å². The number of nitrogens with zero attached hydrogens (tertiary/aromatic N) is 5. The fourth-order valence-electron chi connectivity index (χ4n) is 4.69. The van der Waals surface area contributed by atoms with Gasteiger partial charge in [0.25, 0.3) is 0 Å². The maximum Gasteiger partial charge on any atom is 0.224 e. The van der Waals surface area contributed by atoms with Gasteiger partial charge in [-0.15, -0.1) is 0 Å². The molecule has 2 heterocycles. The highest BCUT2D eigenvalue weighted by Crippen LogP contribution is 2.44. The Bertz CT molecular complexity index is 1470. The molecular formula is C30H36FN5O4. The smallest absolute Gasteiger partial charge is 0.224 e. The molecule has 0 N–H and O–H groups in total. The van der Waals surface area contributed by atoms with E-state index in [-0.39, 0.29) is 18.1 Å². The molecule has 2 aromatic carbocycles. The van der Waals surface area contributed by atoms with Gasteiger partial charge in [0.05, 0.1) is 32.5 Å². The summed E-state index contributed by atoms with van der Waals surface area (Å²) in [4.78, 5) is 22.3. The summed E-state index contributed by atoms with van der Waals surface area (Å²) >= 11 is 0. The molecule has 4 rings (SSSR count). The van der Waals surface area contributed by atoms with E-state index in [1.165, 1.54) is 12.1 Å². The third kappa shape index (κ3) is 6.44. The van der Waals surface area contributed by atoms with Crippen LogP contribution in [-0.2, 0) is 24.3 Å². The van der Waals surface area contributed by atoms with Gasteiger partial charge in [-0.25, -0.2) is 9.37 Å². The van der Waals surface area contributed by atoms with Gasteiger partial charge in [0, 0.05) is 63.4 Å². The van der Waals surface area contributed by atoms with Crippen LogP contribution in [0.5, 0.6) is 17.2 Å². The summed E-state index contributed by atoms with van der Waals surface area (Å²) in [6, 6.07) is 12.1. The topological polar surface area (TPSA) is 82.0 Å². The molecule has 2 aromatic heterocycles. The predicted molar refractivity (Wildman–Crippen MR) is 153 cm³/mol. The molecular weight excluding hydrogens is 513 g/mol. The molecule has 0 unspecified atom stereocenters. The first kappa shape index (κ1) is 28.7. The fourth-order valence-corrected chi connectivity index (χ4v) is 4.69. The van der Waals surface area contributed by atoms with E-state index in [2.05, 4.69) is 5.10 Å². The largest absolute Gasteiger partial charge is 0.493 e. The molecule has 0 aliphatic heterocycles. The summed E-state index contributed by atoms with van der Waals surface area (Å²) in [5, 5.41) is 5.16. The van der Waals surface area contributed by atoms with Crippen molar-refractivity contribution in [3.8, 4) is 17.2 Å². The number of anilines is 1. The number of hydrogen-bond donors (Lipinski definition) is 0. The summed E-state index contributed by atoms with van der Waals surface area (Å²) in [7, 11) is 8.54. The van der Waals surface area contributed by atoms with Crippen LogP contribution in [0.4, 0.5) is 10.2 Å². The molecule has 0 aliphatic carbocycles. The van der Waals surface area contributed by atoms with Crippen LogP contribution in [0.2, 0.25) is 0 Å². The van der Waals surface area contributed by atoms with E-state index in [9.17, 15) is 9.18 Å². The predicted octanol–water partition coefficient (Wildman–Crippen LogP) is 4.63. The van der Waals surface area contributed by atoms with Crippen molar-refractivity contribution < 1.29 is 23.4 Å². The average Bonchev–Trinajstić information content (AvgIpc) is 3.37. The first-order chi connectivity index (χ1) is 19.2. The average molecular weight is 550 g/mol. The molecule has 40 heavy (non-hydrogen) atoms. The Morgan fingerprint density at radius 1 is 1.00 bits per heavy atom. The second kappa shape index (κ2) is 12.7. The van der Waals surface area contributed by atoms with Gasteiger partial charge in [-0.3, -0.25) is 9.48 Å². The van der Waals surface area contributed by atoms with E-state index >= 15 is 0 Å². The summed E-state index contributed by atoms with van der Waals surface area (Å²) in [5.74, 6) is 1.92. The van der Waals surface area contributed by atoms with Crippen LogP contribution in [0.15, 0.2) is 48.7 Å². The monoisotopic (exact) mass is 549 g/mol. The highest BCUT2D eigenvalue weighted by Gasteiger charge is 2.22. The molecule has 9 nitrogen and oxygen atoms in total. The number of benzene rings is 2. The maximum absolute atomic E-state index is 13.6. The van der Waals surface area contributed by atoms with E-state index < -0.39 is 0 Å². The van der Waals surface area contributed by atoms with Gasteiger partial charge in [-0.1, -0.05) is 12.1 Å². The number of carbonyl (C=O) groups is 1. The second-order valence-electron chi connectivity index (χ2n) is 9.74. The van der Waals surface area contributed by atoms with Crippen molar-refractivity contribution in [2.45, 2.75) is 32.9 Å². The van der Waals surface area contributed by atoms with Gasteiger partial charge in [0.15, 0.2) is 11.5 Å². The first-order valence-corrected chi connectivity index (χ1v) is 13.1. The number of halogens is 1. The number of aryl methyl sites for hydroxylation is 2. The molecule has 0 fully saturated rings. The lowest BCUT2D eigenvalue weighted by Gasteiger charge is -2.26. The lowest BCUT2D eigenvalue weighted by molar-refractivity contribution is -0.132. The SMILES string of the molecule is COc1cc2nc(N(C)C)c(CN(CCc3ccc(F)cc3)C(=O)CCn3ccc(C)n3)cc2c(OC)c1OC. The van der Waals surface area contributed by atoms with Crippen LogP contribution >= 0.6 is 0 Å². The Morgan fingerprint density at radius 2 is 1.73 bits per heavy atom. The van der Waals surface area contributed by atoms with E-state index in [4.69, 9.17) is 19.2 Å². The van der Waals surface area contributed by atoms with Gasteiger partial charge in [-0.2, -0.15) is 5.10 Å². The molecule has 0 saturated carbocycles. The zero-order chi connectivity index (χ0) is 28.8. The van der Waals surface area contributed by atoms with E-state index in [0.717, 1.165) is 28.0 Å². The lowest BCUT2D eigenvalue weighted by Crippen LogP contribution is -2.34. The Kier molecular flexibility index (Phi) is 9.08. The number of amides is 1. The third-order valence-corrected chi connectivity index (χ3v) is 6.73. The molecule has 4 aromatic rings. The number of aromatic nitrogens is 3. The van der Waals surface area contributed by atoms with Crippen LogP contribution in [0.1, 0.15) is 23.2 Å². The number of fused-ring (bicyclic) bond motifs is 1. The highest BCUT2D eigenvalue weighted by atomic mass is 19.1. The molecule has 0 radical (unpaired) electrons. The second-order valence-corrected chi connectivity index (χ2v) is 9.74. The number of carbonyl (C=O) groups excluding carboxylic acids is 1. The highest BCUT2D eigenvalue weighted by molar-refractivity contribution is 5.92. The maximum atomic E-state index is 13.6. The van der Waals surface area contributed by atoms with Gasteiger partial charge < -0.3 is 24.0 Å². The van der Waals surface area contributed by atoms with Crippen LogP contribution in [0.25, 0.3) is 10.9 Å². The minimum atomic E-state index is -0.287. The summed E-state index contributed by atoms with van der Waals surface area (Å²) in [6.45, 7) is 3.17. The van der Waals surface area contributed by atoms with Crippen molar-refractivity contribution in [1.82, 2.24) is 19.7 Å². The molecule has 0 saturated heterocycles. The van der Waals surface area contributed by atoms with E-state index in [0.29, 0.717) is 48.8 Å². The van der Waals surface area contributed by atoms with Gasteiger partial charge >= 0.3 is 0 Å². The molecule has 1 amide bonds.